The Labute approximate surface area is 73.1 Å². The molecule has 0 atom stereocenters. The van der Waals surface area contributed by atoms with Gasteiger partial charge < -0.3 is 4.74 Å². The molecule has 1 aliphatic heterocycles. The minimum absolute atomic E-state index is 0.160. The first-order valence-electron chi connectivity index (χ1n) is 4.07. The Kier molecular flexibility index (Phi) is 3.49. The highest BCUT2D eigenvalue weighted by molar-refractivity contribution is 5.71. The second kappa shape index (κ2) is 4.42. The van der Waals surface area contributed by atoms with Gasteiger partial charge in [0.2, 0.25) is 0 Å². The molecule has 12 heavy (non-hydrogen) atoms. The second-order valence-electron chi connectivity index (χ2n) is 2.97. The van der Waals surface area contributed by atoms with Gasteiger partial charge in [-0.2, -0.15) is 0 Å². The standard InChI is InChI=1S/C8H15N2O2/c1-9-3-5-10(6-4-9)7-8(11)12-2/h1,3-7H2,2H3. The molecule has 0 saturated carbocycles. The van der Waals surface area contributed by atoms with Crippen molar-refractivity contribution < 1.29 is 9.53 Å². The molecule has 0 aromatic heterocycles. The highest BCUT2D eigenvalue weighted by Crippen LogP contribution is 1.99. The lowest BCUT2D eigenvalue weighted by Crippen LogP contribution is -2.45. The van der Waals surface area contributed by atoms with E-state index in [0.717, 1.165) is 26.2 Å². The predicted octanol–water partition coefficient (Wildman–Crippen LogP) is -0.431. The number of esters is 1. The van der Waals surface area contributed by atoms with Crippen molar-refractivity contribution in [2.45, 2.75) is 0 Å². The van der Waals surface area contributed by atoms with Gasteiger partial charge in [-0.05, 0) is 0 Å². The molecule has 1 aliphatic rings. The number of hydrogen-bond donors (Lipinski definition) is 0. The number of carbonyl (C=O) groups is 1. The van der Waals surface area contributed by atoms with Crippen LogP contribution in [0.15, 0.2) is 0 Å². The highest BCUT2D eigenvalue weighted by Gasteiger charge is 2.16. The Morgan fingerprint density at radius 1 is 1.42 bits per heavy atom. The zero-order chi connectivity index (χ0) is 8.97. The van der Waals surface area contributed by atoms with E-state index in [1.807, 2.05) is 4.90 Å². The Morgan fingerprint density at radius 2 is 2.00 bits per heavy atom. The van der Waals surface area contributed by atoms with Crippen LogP contribution in [0, 0.1) is 7.05 Å². The van der Waals surface area contributed by atoms with E-state index in [4.69, 9.17) is 0 Å². The third-order valence-electron chi connectivity index (χ3n) is 2.05. The molecule has 69 valence electrons. The molecule has 0 aromatic carbocycles. The predicted molar refractivity (Wildman–Crippen MR) is 45.4 cm³/mol. The SMILES string of the molecule is [CH2]N1CCN(CC(=O)OC)CC1. The summed E-state index contributed by atoms with van der Waals surface area (Å²) < 4.78 is 4.57. The maximum absolute atomic E-state index is 10.9. The van der Waals surface area contributed by atoms with Crippen molar-refractivity contribution in [3.05, 3.63) is 7.05 Å². The molecular formula is C8H15N2O2. The van der Waals surface area contributed by atoms with Gasteiger partial charge >= 0.3 is 5.97 Å². The molecule has 1 heterocycles. The lowest BCUT2D eigenvalue weighted by atomic mass is 10.3. The fraction of sp³-hybridized carbons (Fsp3) is 0.750. The van der Waals surface area contributed by atoms with E-state index in [2.05, 4.69) is 16.7 Å². The highest BCUT2D eigenvalue weighted by atomic mass is 16.5. The molecule has 0 N–H and O–H groups in total. The molecule has 1 rings (SSSR count). The first kappa shape index (κ1) is 9.48. The van der Waals surface area contributed by atoms with Gasteiger partial charge in [-0.15, -0.1) is 0 Å². The van der Waals surface area contributed by atoms with Crippen molar-refractivity contribution in [2.24, 2.45) is 0 Å². The fourth-order valence-corrected chi connectivity index (χ4v) is 1.19. The number of piperazine rings is 1. The quantitative estimate of drug-likeness (QED) is 0.528. The smallest absolute Gasteiger partial charge is 0.319 e. The molecule has 1 fully saturated rings. The number of ether oxygens (including phenoxy) is 1. The molecule has 0 aliphatic carbocycles. The first-order valence-corrected chi connectivity index (χ1v) is 4.07. The van der Waals surface area contributed by atoms with Crippen LogP contribution in [0.25, 0.3) is 0 Å². The lowest BCUT2D eigenvalue weighted by molar-refractivity contribution is -0.142. The Balaban J connectivity index is 2.21. The molecule has 0 aromatic rings. The molecule has 0 spiro atoms. The first-order chi connectivity index (χ1) is 5.72. The molecule has 4 nitrogen and oxygen atoms in total. The normalized spacial score (nSPS) is 20.8. The third kappa shape index (κ3) is 2.79. The van der Waals surface area contributed by atoms with Gasteiger partial charge in [-0.3, -0.25) is 14.6 Å². The van der Waals surface area contributed by atoms with Gasteiger partial charge in [-0.1, -0.05) is 0 Å². The third-order valence-corrected chi connectivity index (χ3v) is 2.05. The summed E-state index contributed by atoms with van der Waals surface area (Å²) in [6.07, 6.45) is 0. The molecule has 0 amide bonds. The fourth-order valence-electron chi connectivity index (χ4n) is 1.19. The van der Waals surface area contributed by atoms with Crippen molar-refractivity contribution in [3.63, 3.8) is 0 Å². The van der Waals surface area contributed by atoms with Crippen LogP contribution in [0.5, 0.6) is 0 Å². The van der Waals surface area contributed by atoms with Crippen LogP contribution in [0.1, 0.15) is 0 Å². The van der Waals surface area contributed by atoms with Crippen LogP contribution in [0.3, 0.4) is 0 Å². The second-order valence-corrected chi connectivity index (χ2v) is 2.97. The van der Waals surface area contributed by atoms with E-state index in [0.29, 0.717) is 6.54 Å². The van der Waals surface area contributed by atoms with Crippen molar-refractivity contribution in [3.8, 4) is 0 Å². The minimum atomic E-state index is -0.160. The average molecular weight is 171 g/mol. The number of methoxy groups -OCH3 is 1. The van der Waals surface area contributed by atoms with E-state index in [-0.39, 0.29) is 5.97 Å². The van der Waals surface area contributed by atoms with Gasteiger partial charge in [-0.25, -0.2) is 0 Å². The van der Waals surface area contributed by atoms with Crippen molar-refractivity contribution in [1.82, 2.24) is 9.80 Å². The summed E-state index contributed by atoms with van der Waals surface area (Å²) in [7, 11) is 5.24. The van der Waals surface area contributed by atoms with Crippen LogP contribution in [-0.4, -0.2) is 55.6 Å². The van der Waals surface area contributed by atoms with E-state index in [1.54, 1.807) is 0 Å². The zero-order valence-electron chi connectivity index (χ0n) is 7.45. The van der Waals surface area contributed by atoms with Crippen molar-refractivity contribution in [2.75, 3.05) is 39.8 Å². The van der Waals surface area contributed by atoms with E-state index in [9.17, 15) is 4.79 Å². The average Bonchev–Trinajstić information content (AvgIpc) is 2.09. The number of hydrogen-bond acceptors (Lipinski definition) is 4. The maximum Gasteiger partial charge on any atom is 0.319 e. The number of nitrogens with zero attached hydrogens (tertiary/aromatic N) is 2. The molecule has 1 saturated heterocycles. The Morgan fingerprint density at radius 3 is 2.50 bits per heavy atom. The van der Waals surface area contributed by atoms with Crippen molar-refractivity contribution >= 4 is 5.97 Å². The topological polar surface area (TPSA) is 32.8 Å². The van der Waals surface area contributed by atoms with Crippen LogP contribution in [0.2, 0.25) is 0 Å². The number of rotatable bonds is 2. The van der Waals surface area contributed by atoms with Crippen LogP contribution < -0.4 is 0 Å². The summed E-state index contributed by atoms with van der Waals surface area (Å²) in [5, 5.41) is 0. The number of carbonyl (C=O) groups excluding carboxylic acids is 1. The molecule has 0 bridgehead atoms. The van der Waals surface area contributed by atoms with Gasteiger partial charge in [0, 0.05) is 33.2 Å². The maximum atomic E-state index is 10.9. The van der Waals surface area contributed by atoms with E-state index >= 15 is 0 Å². The summed E-state index contributed by atoms with van der Waals surface area (Å²) in [4.78, 5) is 15.0. The summed E-state index contributed by atoms with van der Waals surface area (Å²) in [5.41, 5.74) is 0. The largest absolute Gasteiger partial charge is 0.468 e. The minimum Gasteiger partial charge on any atom is -0.468 e. The summed E-state index contributed by atoms with van der Waals surface area (Å²) in [6.45, 7) is 4.07. The summed E-state index contributed by atoms with van der Waals surface area (Å²) in [6, 6.07) is 0. The van der Waals surface area contributed by atoms with E-state index < -0.39 is 0 Å². The lowest BCUT2D eigenvalue weighted by Gasteiger charge is -2.31. The van der Waals surface area contributed by atoms with Gasteiger partial charge in [0.05, 0.1) is 13.7 Å². The molecular weight excluding hydrogens is 156 g/mol. The van der Waals surface area contributed by atoms with Crippen LogP contribution in [0.4, 0.5) is 0 Å². The molecule has 4 heteroatoms. The molecule has 0 unspecified atom stereocenters. The van der Waals surface area contributed by atoms with Crippen LogP contribution in [-0.2, 0) is 9.53 Å². The monoisotopic (exact) mass is 171 g/mol. The summed E-state index contributed by atoms with van der Waals surface area (Å²) >= 11 is 0. The molecule has 1 radical (unpaired) electrons. The summed E-state index contributed by atoms with van der Waals surface area (Å²) in [5.74, 6) is -0.160. The van der Waals surface area contributed by atoms with Gasteiger partial charge in [0.25, 0.3) is 0 Å². The van der Waals surface area contributed by atoms with Gasteiger partial charge in [0.1, 0.15) is 0 Å². The van der Waals surface area contributed by atoms with Crippen molar-refractivity contribution in [1.29, 1.82) is 0 Å². The van der Waals surface area contributed by atoms with Crippen LogP contribution >= 0.6 is 0 Å². The Hall–Kier alpha value is -0.610. The Bertz CT molecular complexity index is 153. The van der Waals surface area contributed by atoms with Gasteiger partial charge in [0.15, 0.2) is 0 Å². The van der Waals surface area contributed by atoms with E-state index in [1.165, 1.54) is 7.11 Å². The zero-order valence-corrected chi connectivity index (χ0v) is 7.45.